The van der Waals surface area contributed by atoms with E-state index < -0.39 is 0 Å². The predicted molar refractivity (Wildman–Crippen MR) is 91.7 cm³/mol. The van der Waals surface area contributed by atoms with Crippen LogP contribution in [0.3, 0.4) is 0 Å². The van der Waals surface area contributed by atoms with E-state index in [2.05, 4.69) is 50.3 Å². The van der Waals surface area contributed by atoms with E-state index in [0.29, 0.717) is 12.7 Å². The van der Waals surface area contributed by atoms with Crippen molar-refractivity contribution in [1.29, 1.82) is 0 Å². The molecule has 1 aromatic rings. The molecule has 1 aromatic carbocycles. The van der Waals surface area contributed by atoms with E-state index in [0.717, 1.165) is 25.7 Å². The van der Waals surface area contributed by atoms with Gasteiger partial charge in [0, 0.05) is 14.5 Å². The Bertz CT molecular complexity index is 566. The molecule has 1 unspecified atom stereocenters. The van der Waals surface area contributed by atoms with Crippen LogP contribution in [0.15, 0.2) is 26.4 Å². The number of nitroso groups, excluding NO2 is 1. The Morgan fingerprint density at radius 3 is 2.55 bits per heavy atom. The van der Waals surface area contributed by atoms with Gasteiger partial charge in [0.15, 0.2) is 6.67 Å². The molecule has 7 heteroatoms. The van der Waals surface area contributed by atoms with Crippen LogP contribution in [0.4, 0.5) is 5.69 Å². The zero-order chi connectivity index (χ0) is 15.0. The predicted octanol–water partition coefficient (Wildman–Crippen LogP) is 1.95. The maximum absolute atomic E-state index is 11.4. The van der Waals surface area contributed by atoms with E-state index in [9.17, 15) is 4.91 Å². The number of benzene rings is 1. The van der Waals surface area contributed by atoms with E-state index in [1.54, 1.807) is 5.01 Å². The first-order valence-corrected chi connectivity index (χ1v) is 9.05. The average Bonchev–Trinajstić information content (AvgIpc) is 2.46. The van der Waals surface area contributed by atoms with Crippen molar-refractivity contribution in [3.8, 4) is 0 Å². The Morgan fingerprint density at radius 2 is 1.91 bits per heavy atom. The van der Waals surface area contributed by atoms with E-state index in [-0.39, 0.29) is 12.4 Å². The molecule has 0 spiro atoms. The van der Waals surface area contributed by atoms with Crippen LogP contribution >= 0.6 is 31.9 Å². The van der Waals surface area contributed by atoms with Gasteiger partial charge < -0.3 is 16.9 Å². The van der Waals surface area contributed by atoms with Gasteiger partial charge in [0.1, 0.15) is 6.54 Å². The molecule has 2 aliphatic rings. The van der Waals surface area contributed by atoms with Crippen molar-refractivity contribution in [3.63, 3.8) is 0 Å². The Morgan fingerprint density at radius 1 is 1.23 bits per heavy atom. The van der Waals surface area contributed by atoms with Crippen LogP contribution < -0.4 is 17.4 Å². The molecule has 1 aliphatic carbocycles. The minimum Gasteiger partial charge on any atom is -1.00 e. The van der Waals surface area contributed by atoms with Crippen molar-refractivity contribution in [1.82, 2.24) is 0 Å². The van der Waals surface area contributed by atoms with Gasteiger partial charge in [-0.15, -0.1) is 4.91 Å². The van der Waals surface area contributed by atoms with Crippen molar-refractivity contribution < 1.29 is 16.9 Å². The Kier molecular flexibility index (Phi) is 5.91. The van der Waals surface area contributed by atoms with Crippen molar-refractivity contribution in [2.45, 2.75) is 44.7 Å². The zero-order valence-electron chi connectivity index (χ0n) is 12.6. The second kappa shape index (κ2) is 7.16. The molecule has 0 saturated heterocycles. The minimum atomic E-state index is 0. The summed E-state index contributed by atoms with van der Waals surface area (Å²) in [7, 11) is 2.27. The fourth-order valence-electron chi connectivity index (χ4n) is 3.86. The molecular formula is C15H20Br2ClN3O. The van der Waals surface area contributed by atoms with Crippen molar-refractivity contribution in [2.75, 3.05) is 18.7 Å². The summed E-state index contributed by atoms with van der Waals surface area (Å²) < 4.78 is 2.86. The van der Waals surface area contributed by atoms with Crippen LogP contribution in [0.2, 0.25) is 0 Å². The summed E-state index contributed by atoms with van der Waals surface area (Å²) in [6.07, 6.45) is 6.48. The third-order valence-electron chi connectivity index (χ3n) is 4.91. The first kappa shape index (κ1) is 18.2. The second-order valence-corrected chi connectivity index (χ2v) is 8.22. The van der Waals surface area contributed by atoms with Gasteiger partial charge in [0.2, 0.25) is 0 Å². The van der Waals surface area contributed by atoms with Crippen molar-refractivity contribution in [3.05, 3.63) is 31.5 Å². The third kappa shape index (κ3) is 3.35. The lowest BCUT2D eigenvalue weighted by molar-refractivity contribution is -0.948. The summed E-state index contributed by atoms with van der Waals surface area (Å²) >= 11 is 7.12. The highest BCUT2D eigenvalue weighted by Crippen LogP contribution is 2.41. The molecule has 4 nitrogen and oxygen atoms in total. The summed E-state index contributed by atoms with van der Waals surface area (Å²) in [6.45, 7) is 1.63. The highest BCUT2D eigenvalue weighted by Gasteiger charge is 2.41. The molecule has 1 heterocycles. The highest BCUT2D eigenvalue weighted by molar-refractivity contribution is 9.11. The van der Waals surface area contributed by atoms with E-state index >= 15 is 0 Å². The minimum absolute atomic E-state index is 0. The van der Waals surface area contributed by atoms with E-state index in [1.807, 2.05) is 6.07 Å². The van der Waals surface area contributed by atoms with Gasteiger partial charge in [-0.05, 0) is 53.7 Å². The topological polar surface area (TPSA) is 32.7 Å². The molecule has 0 bridgehead atoms. The first-order chi connectivity index (χ1) is 10.0. The number of anilines is 1. The fraction of sp³-hybridized carbons (Fsp3) is 0.600. The average molecular weight is 454 g/mol. The Hall–Kier alpha value is -0.170. The third-order valence-corrected chi connectivity index (χ3v) is 5.97. The van der Waals surface area contributed by atoms with Crippen molar-refractivity contribution >= 4 is 37.5 Å². The monoisotopic (exact) mass is 451 g/mol. The molecule has 1 saturated carbocycles. The maximum Gasteiger partial charge on any atom is 0.178 e. The number of hydrogen-bond acceptors (Lipinski definition) is 2. The van der Waals surface area contributed by atoms with Crippen LogP contribution in [0.5, 0.6) is 0 Å². The molecule has 0 aromatic heterocycles. The van der Waals surface area contributed by atoms with E-state index in [1.165, 1.54) is 37.7 Å². The van der Waals surface area contributed by atoms with Gasteiger partial charge in [-0.1, -0.05) is 22.4 Å². The van der Waals surface area contributed by atoms with Gasteiger partial charge in [-0.3, -0.25) is 0 Å². The van der Waals surface area contributed by atoms with Crippen LogP contribution in [0.25, 0.3) is 0 Å². The Balaban J connectivity index is 0.00000176. The van der Waals surface area contributed by atoms with Crippen LogP contribution in [0, 0.1) is 4.91 Å². The molecule has 0 radical (unpaired) electrons. The molecule has 122 valence electrons. The van der Waals surface area contributed by atoms with E-state index in [4.69, 9.17) is 0 Å². The molecule has 1 fully saturated rings. The number of hydrogen-bond donors (Lipinski definition) is 0. The fourth-order valence-corrected chi connectivity index (χ4v) is 5.38. The first-order valence-electron chi connectivity index (χ1n) is 7.46. The second-order valence-electron chi connectivity index (χ2n) is 6.45. The van der Waals surface area contributed by atoms with Gasteiger partial charge in [-0.2, -0.15) is 5.01 Å². The van der Waals surface area contributed by atoms with Crippen LogP contribution in [0.1, 0.15) is 37.7 Å². The van der Waals surface area contributed by atoms with Gasteiger partial charge >= 0.3 is 0 Å². The number of fused-ring (bicyclic) bond motifs is 1. The van der Waals surface area contributed by atoms with Crippen LogP contribution in [-0.2, 0) is 6.54 Å². The zero-order valence-corrected chi connectivity index (χ0v) is 16.5. The molecule has 1 aliphatic heterocycles. The summed E-state index contributed by atoms with van der Waals surface area (Å²) in [6, 6.07) is 4.73. The molecule has 1 atom stereocenters. The quantitative estimate of drug-likeness (QED) is 0.507. The molecule has 0 amide bonds. The number of rotatable bonds is 2. The summed E-state index contributed by atoms with van der Waals surface area (Å²) in [5, 5.41) is 4.92. The van der Waals surface area contributed by atoms with Gasteiger partial charge in [0.25, 0.3) is 0 Å². The normalized spacial score (nSPS) is 25.3. The SMILES string of the molecule is C[N+]1(C2CCCCC2)Cc2cc(Br)cc(Br)c2N(N=O)C1.[Cl-]. The van der Waals surface area contributed by atoms with Crippen LogP contribution in [-0.4, -0.2) is 24.2 Å². The summed E-state index contributed by atoms with van der Waals surface area (Å²) in [5.74, 6) is 0. The summed E-state index contributed by atoms with van der Waals surface area (Å²) in [4.78, 5) is 11.4. The largest absolute Gasteiger partial charge is 1.00 e. The Labute approximate surface area is 154 Å². The lowest BCUT2D eigenvalue weighted by atomic mass is 9.91. The lowest BCUT2D eigenvalue weighted by Gasteiger charge is -2.47. The number of quaternary nitrogens is 1. The van der Waals surface area contributed by atoms with Crippen molar-refractivity contribution in [2.24, 2.45) is 5.29 Å². The smallest absolute Gasteiger partial charge is 0.178 e. The van der Waals surface area contributed by atoms with Gasteiger partial charge in [-0.25, -0.2) is 0 Å². The molecule has 22 heavy (non-hydrogen) atoms. The molecular weight excluding hydrogens is 433 g/mol. The standard InChI is InChI=1S/C15H20Br2N3O.ClH/c1-20(13-5-3-2-4-6-13)9-11-7-12(16)8-14(17)15(11)19(10-20)18-21;/h7-8,13H,2-6,9-10H2,1H3;1H/q+1;/p-1. The van der Waals surface area contributed by atoms with Gasteiger partial charge in [0.05, 0.1) is 24.1 Å². The summed E-state index contributed by atoms with van der Waals surface area (Å²) in [5.41, 5.74) is 2.12. The number of halogens is 3. The molecule has 3 rings (SSSR count). The number of nitrogens with zero attached hydrogens (tertiary/aromatic N) is 3. The molecule has 0 N–H and O–H groups in total. The lowest BCUT2D eigenvalue weighted by Crippen LogP contribution is -3.00. The maximum atomic E-state index is 11.4. The highest BCUT2D eigenvalue weighted by atomic mass is 79.9.